The third kappa shape index (κ3) is 4.17. The maximum Gasteiger partial charge on any atom is 0.252 e. The van der Waals surface area contributed by atoms with Crippen LogP contribution in [0.15, 0.2) is 84.9 Å². The molecule has 0 aliphatic carbocycles. The van der Waals surface area contributed by atoms with Gasteiger partial charge in [0.1, 0.15) is 0 Å². The van der Waals surface area contributed by atoms with Crippen LogP contribution in [-0.4, -0.2) is 29.4 Å². The molecule has 3 nitrogen and oxygen atoms in total. The zero-order valence-electron chi connectivity index (χ0n) is 17.8. The van der Waals surface area contributed by atoms with Gasteiger partial charge in [0, 0.05) is 11.1 Å². The molecule has 0 radical (unpaired) electrons. The van der Waals surface area contributed by atoms with Gasteiger partial charge in [-0.25, -0.2) is 0 Å². The minimum absolute atomic E-state index is 0.0319. The monoisotopic (exact) mass is 398 g/mol. The van der Waals surface area contributed by atoms with Crippen molar-refractivity contribution in [3.05, 3.63) is 96.1 Å². The van der Waals surface area contributed by atoms with E-state index in [0.717, 1.165) is 29.8 Å². The summed E-state index contributed by atoms with van der Waals surface area (Å²) in [6.45, 7) is 6.65. The van der Waals surface area contributed by atoms with Crippen LogP contribution >= 0.6 is 0 Å². The van der Waals surface area contributed by atoms with E-state index in [2.05, 4.69) is 48.3 Å². The van der Waals surface area contributed by atoms with E-state index < -0.39 is 0 Å². The molecular weight excluding hydrogens is 368 g/mol. The second-order valence-corrected chi connectivity index (χ2v) is 8.58. The molecule has 3 heteroatoms. The third-order valence-electron chi connectivity index (χ3n) is 6.29. The lowest BCUT2D eigenvalue weighted by molar-refractivity contribution is 0.0779. The van der Waals surface area contributed by atoms with Gasteiger partial charge >= 0.3 is 0 Å². The smallest absolute Gasteiger partial charge is 0.252 e. The molecule has 1 N–H and O–H groups in total. The van der Waals surface area contributed by atoms with E-state index in [0.29, 0.717) is 5.56 Å². The van der Waals surface area contributed by atoms with Gasteiger partial charge in [-0.05, 0) is 62.5 Å². The number of amides is 1. The molecule has 0 saturated carbocycles. The molecule has 1 amide bonds. The topological polar surface area (TPSA) is 32.3 Å². The molecule has 1 fully saturated rings. The number of likely N-dealkylation sites (tertiary alicyclic amines) is 1. The summed E-state index contributed by atoms with van der Waals surface area (Å²) in [5.74, 6) is -0.0319. The maximum absolute atomic E-state index is 13.6. The zero-order chi connectivity index (χ0) is 21.0. The number of nitrogens with zero attached hydrogens (tertiary/aromatic N) is 1. The quantitative estimate of drug-likeness (QED) is 0.578. The van der Waals surface area contributed by atoms with Crippen molar-refractivity contribution >= 4 is 5.91 Å². The van der Waals surface area contributed by atoms with Gasteiger partial charge in [-0.1, -0.05) is 78.9 Å². The van der Waals surface area contributed by atoms with E-state index in [-0.39, 0.29) is 17.5 Å². The molecule has 0 bridgehead atoms. The molecule has 4 rings (SSSR count). The lowest BCUT2D eigenvalue weighted by Crippen LogP contribution is -2.52. The molecule has 1 aliphatic rings. The van der Waals surface area contributed by atoms with Crippen LogP contribution in [0.5, 0.6) is 0 Å². The Balaban J connectivity index is 1.68. The van der Waals surface area contributed by atoms with Crippen molar-refractivity contribution in [2.24, 2.45) is 0 Å². The highest BCUT2D eigenvalue weighted by molar-refractivity contribution is 6.01. The van der Waals surface area contributed by atoms with Crippen molar-refractivity contribution in [1.29, 1.82) is 0 Å². The SMILES string of the molecule is CC(C)(C(NC(=O)c1ccccc1-c1ccccc1)c1ccccc1)N1CCCC1. The Morgan fingerprint density at radius 2 is 1.40 bits per heavy atom. The van der Waals surface area contributed by atoms with Crippen molar-refractivity contribution in [3.8, 4) is 11.1 Å². The molecule has 1 atom stereocenters. The predicted octanol–water partition coefficient (Wildman–Crippen LogP) is 5.70. The van der Waals surface area contributed by atoms with E-state index in [1.54, 1.807) is 0 Å². The van der Waals surface area contributed by atoms with Crippen LogP contribution in [-0.2, 0) is 0 Å². The van der Waals surface area contributed by atoms with Crippen molar-refractivity contribution < 1.29 is 4.79 Å². The van der Waals surface area contributed by atoms with Crippen LogP contribution in [0.25, 0.3) is 11.1 Å². The van der Waals surface area contributed by atoms with Gasteiger partial charge in [-0.15, -0.1) is 0 Å². The van der Waals surface area contributed by atoms with Gasteiger partial charge in [-0.3, -0.25) is 9.69 Å². The standard InChI is InChI=1S/C27H30N2O/c1-27(2,29-19-11-12-20-29)25(22-15-7-4-8-16-22)28-26(30)24-18-10-9-17-23(24)21-13-5-3-6-14-21/h3-10,13-18,25H,11-12,19-20H2,1-2H3,(H,28,30). The van der Waals surface area contributed by atoms with Crippen LogP contribution < -0.4 is 5.32 Å². The lowest BCUT2D eigenvalue weighted by atomic mass is 9.86. The second-order valence-electron chi connectivity index (χ2n) is 8.58. The van der Waals surface area contributed by atoms with Crippen LogP contribution in [0.1, 0.15) is 48.7 Å². The van der Waals surface area contributed by atoms with E-state index in [9.17, 15) is 4.79 Å². The van der Waals surface area contributed by atoms with E-state index in [1.807, 2.05) is 60.7 Å². The van der Waals surface area contributed by atoms with Crippen LogP contribution in [0, 0.1) is 0 Å². The number of benzene rings is 3. The normalized spacial score (nSPS) is 15.7. The fraction of sp³-hybridized carbons (Fsp3) is 0.296. The number of hydrogen-bond donors (Lipinski definition) is 1. The average Bonchev–Trinajstić information content (AvgIpc) is 3.34. The first kappa shape index (κ1) is 20.4. The highest BCUT2D eigenvalue weighted by Gasteiger charge is 2.38. The Bertz CT molecular complexity index is 976. The summed E-state index contributed by atoms with van der Waals surface area (Å²) in [6.07, 6.45) is 2.44. The van der Waals surface area contributed by atoms with Gasteiger partial charge in [0.25, 0.3) is 5.91 Å². The van der Waals surface area contributed by atoms with E-state index in [4.69, 9.17) is 0 Å². The van der Waals surface area contributed by atoms with E-state index in [1.165, 1.54) is 12.8 Å². The van der Waals surface area contributed by atoms with Crippen LogP contribution in [0.2, 0.25) is 0 Å². The molecule has 1 heterocycles. The molecule has 3 aromatic rings. The molecule has 1 aliphatic heterocycles. The van der Waals surface area contributed by atoms with Gasteiger partial charge in [0.2, 0.25) is 0 Å². The van der Waals surface area contributed by atoms with Crippen LogP contribution in [0.3, 0.4) is 0 Å². The van der Waals surface area contributed by atoms with Crippen molar-refractivity contribution in [3.63, 3.8) is 0 Å². The summed E-state index contributed by atoms with van der Waals surface area (Å²) in [5, 5.41) is 3.40. The van der Waals surface area contributed by atoms with Crippen molar-refractivity contribution in [2.75, 3.05) is 13.1 Å². The molecule has 154 valence electrons. The molecular formula is C27H30N2O. The average molecular weight is 399 g/mol. The summed E-state index contributed by atoms with van der Waals surface area (Å²) >= 11 is 0. The van der Waals surface area contributed by atoms with Crippen molar-refractivity contribution in [1.82, 2.24) is 10.2 Å². The minimum Gasteiger partial charge on any atom is -0.343 e. The highest BCUT2D eigenvalue weighted by atomic mass is 16.1. The Morgan fingerprint density at radius 1 is 0.833 bits per heavy atom. The number of carbonyl (C=O) groups excluding carboxylic acids is 1. The first-order valence-electron chi connectivity index (χ1n) is 10.8. The van der Waals surface area contributed by atoms with E-state index >= 15 is 0 Å². The van der Waals surface area contributed by atoms with Gasteiger partial charge in [-0.2, -0.15) is 0 Å². The first-order valence-corrected chi connectivity index (χ1v) is 10.8. The van der Waals surface area contributed by atoms with Crippen LogP contribution in [0.4, 0.5) is 0 Å². The number of nitrogens with one attached hydrogen (secondary N) is 1. The van der Waals surface area contributed by atoms with Gasteiger partial charge in [0.15, 0.2) is 0 Å². The van der Waals surface area contributed by atoms with Gasteiger partial charge < -0.3 is 5.32 Å². The molecule has 1 saturated heterocycles. The number of carbonyl (C=O) groups is 1. The molecule has 0 aromatic heterocycles. The Labute approximate surface area is 179 Å². The fourth-order valence-electron chi connectivity index (χ4n) is 4.55. The first-order chi connectivity index (χ1) is 14.6. The second kappa shape index (κ2) is 8.85. The van der Waals surface area contributed by atoms with Crippen molar-refractivity contribution in [2.45, 2.75) is 38.3 Å². The predicted molar refractivity (Wildman–Crippen MR) is 123 cm³/mol. The molecule has 0 spiro atoms. The minimum atomic E-state index is -0.185. The molecule has 30 heavy (non-hydrogen) atoms. The molecule has 1 unspecified atom stereocenters. The zero-order valence-corrected chi connectivity index (χ0v) is 17.8. The number of rotatable bonds is 6. The maximum atomic E-state index is 13.6. The summed E-state index contributed by atoms with van der Waals surface area (Å²) < 4.78 is 0. The van der Waals surface area contributed by atoms with Gasteiger partial charge in [0.05, 0.1) is 6.04 Å². The Hall–Kier alpha value is -2.91. The summed E-state index contributed by atoms with van der Waals surface area (Å²) in [6, 6.07) is 28.2. The molecule has 3 aromatic carbocycles. The third-order valence-corrected chi connectivity index (χ3v) is 6.29. The summed E-state index contributed by atoms with van der Waals surface area (Å²) in [5.41, 5.74) is 3.68. The highest BCUT2D eigenvalue weighted by Crippen LogP contribution is 2.34. The largest absolute Gasteiger partial charge is 0.343 e. The summed E-state index contributed by atoms with van der Waals surface area (Å²) in [7, 11) is 0. The lowest BCUT2D eigenvalue weighted by Gasteiger charge is -2.42. The number of hydrogen-bond acceptors (Lipinski definition) is 2. The Kier molecular flexibility index (Phi) is 6.01. The summed E-state index contributed by atoms with van der Waals surface area (Å²) in [4.78, 5) is 16.1. The fourth-order valence-corrected chi connectivity index (χ4v) is 4.55. The Morgan fingerprint density at radius 3 is 2.07 bits per heavy atom.